The molecule has 0 radical (unpaired) electrons. The zero-order valence-electron chi connectivity index (χ0n) is 21.2. The van der Waals surface area contributed by atoms with E-state index < -0.39 is 0 Å². The number of hydrogen-bond donors (Lipinski definition) is 1. The highest BCUT2D eigenvalue weighted by Gasteiger charge is 2.28. The van der Waals surface area contributed by atoms with E-state index in [9.17, 15) is 0 Å². The van der Waals surface area contributed by atoms with Crippen LogP contribution >= 0.6 is 0 Å². The van der Waals surface area contributed by atoms with E-state index in [2.05, 4.69) is 63.1 Å². The van der Waals surface area contributed by atoms with Crippen molar-refractivity contribution in [1.29, 1.82) is 0 Å². The van der Waals surface area contributed by atoms with Crippen LogP contribution in [-0.2, 0) is 19.5 Å². The predicted molar refractivity (Wildman–Crippen MR) is 141 cm³/mol. The smallest absolute Gasteiger partial charge is 0.124 e. The van der Waals surface area contributed by atoms with Crippen molar-refractivity contribution in [2.45, 2.75) is 70.1 Å². The van der Waals surface area contributed by atoms with Gasteiger partial charge in [0.05, 0.1) is 29.3 Å². The first-order chi connectivity index (χ1) is 17.2. The van der Waals surface area contributed by atoms with Gasteiger partial charge in [-0.05, 0) is 94.8 Å². The van der Waals surface area contributed by atoms with Gasteiger partial charge in [-0.15, -0.1) is 0 Å². The lowest BCUT2D eigenvalue weighted by molar-refractivity contribution is 0.149. The van der Waals surface area contributed by atoms with Crippen LogP contribution in [0.1, 0.15) is 61.6 Å². The van der Waals surface area contributed by atoms with Crippen LogP contribution in [0.3, 0.4) is 0 Å². The molecule has 186 valence electrons. The van der Waals surface area contributed by atoms with Crippen LogP contribution in [0.5, 0.6) is 0 Å². The van der Waals surface area contributed by atoms with Gasteiger partial charge in [-0.2, -0.15) is 0 Å². The average Bonchev–Trinajstić information content (AvgIpc) is 3.52. The number of benzene rings is 1. The van der Waals surface area contributed by atoms with Crippen LogP contribution in [0.4, 0.5) is 0 Å². The molecule has 0 spiro atoms. The van der Waals surface area contributed by atoms with Crippen LogP contribution in [0.2, 0.25) is 0 Å². The quantitative estimate of drug-likeness (QED) is 0.552. The number of imidazole rings is 1. The molecule has 2 fully saturated rings. The van der Waals surface area contributed by atoms with E-state index in [-0.39, 0.29) is 0 Å². The van der Waals surface area contributed by atoms with Gasteiger partial charge >= 0.3 is 0 Å². The first-order valence-electron chi connectivity index (χ1n) is 13.8. The van der Waals surface area contributed by atoms with Crippen LogP contribution < -0.4 is 5.32 Å². The molecule has 35 heavy (non-hydrogen) atoms. The van der Waals surface area contributed by atoms with E-state index in [0.717, 1.165) is 25.0 Å². The van der Waals surface area contributed by atoms with E-state index in [1.165, 1.54) is 87.3 Å². The van der Waals surface area contributed by atoms with Crippen molar-refractivity contribution in [2.24, 2.45) is 5.92 Å². The summed E-state index contributed by atoms with van der Waals surface area (Å²) in [5, 5.41) is 3.69. The highest BCUT2D eigenvalue weighted by molar-refractivity contribution is 5.75. The Labute approximate surface area is 209 Å². The Bertz CT molecular complexity index is 1130. The highest BCUT2D eigenvalue weighted by Crippen LogP contribution is 2.33. The summed E-state index contributed by atoms with van der Waals surface area (Å²) in [5.41, 5.74) is 5.10. The summed E-state index contributed by atoms with van der Waals surface area (Å²) in [6, 6.07) is 14.1. The summed E-state index contributed by atoms with van der Waals surface area (Å²) < 4.78 is 2.54. The van der Waals surface area contributed by atoms with E-state index in [1.807, 2.05) is 6.20 Å². The third-order valence-corrected chi connectivity index (χ3v) is 8.51. The summed E-state index contributed by atoms with van der Waals surface area (Å²) in [5.74, 6) is 1.88. The summed E-state index contributed by atoms with van der Waals surface area (Å²) in [4.78, 5) is 15.1. The first kappa shape index (κ1) is 23.1. The van der Waals surface area contributed by atoms with E-state index >= 15 is 0 Å². The van der Waals surface area contributed by atoms with Gasteiger partial charge in [0.2, 0.25) is 0 Å². The highest BCUT2D eigenvalue weighted by atomic mass is 15.2. The fraction of sp³-hybridized carbons (Fsp3) is 0.586. The maximum atomic E-state index is 5.15. The summed E-state index contributed by atoms with van der Waals surface area (Å²) >= 11 is 0. The number of nitrogens with zero attached hydrogens (tertiary/aromatic N) is 5. The molecular formula is C29H40N6. The van der Waals surface area contributed by atoms with Gasteiger partial charge in [0.25, 0.3) is 0 Å². The Hall–Kier alpha value is -2.28. The molecule has 1 aromatic carbocycles. The topological polar surface area (TPSA) is 49.2 Å². The van der Waals surface area contributed by atoms with Crippen LogP contribution in [0.15, 0.2) is 42.6 Å². The van der Waals surface area contributed by atoms with Gasteiger partial charge in [-0.3, -0.25) is 9.88 Å². The molecule has 2 aliphatic heterocycles. The normalized spacial score (nSPS) is 25.4. The second kappa shape index (κ2) is 10.4. The molecule has 0 saturated carbocycles. The molecule has 0 bridgehead atoms. The molecule has 1 N–H and O–H groups in total. The molecule has 3 aliphatic rings. The van der Waals surface area contributed by atoms with Crippen LogP contribution in [0.25, 0.3) is 11.0 Å². The zero-order chi connectivity index (χ0) is 23.6. The molecule has 1 unspecified atom stereocenters. The number of hydrogen-bond acceptors (Lipinski definition) is 5. The number of piperidine rings is 1. The van der Waals surface area contributed by atoms with Gasteiger partial charge < -0.3 is 14.8 Å². The van der Waals surface area contributed by atoms with Crippen molar-refractivity contribution in [3.8, 4) is 0 Å². The van der Waals surface area contributed by atoms with Crippen molar-refractivity contribution >= 4 is 11.0 Å². The maximum Gasteiger partial charge on any atom is 0.124 e. The molecule has 6 heteroatoms. The second-order valence-electron chi connectivity index (χ2n) is 11.1. The van der Waals surface area contributed by atoms with Crippen molar-refractivity contribution in [3.63, 3.8) is 0 Å². The molecule has 3 atom stereocenters. The Morgan fingerprint density at radius 2 is 1.97 bits per heavy atom. The lowest BCUT2D eigenvalue weighted by Gasteiger charge is -2.35. The van der Waals surface area contributed by atoms with Gasteiger partial charge in [0.1, 0.15) is 5.82 Å². The largest absolute Gasteiger partial charge is 0.327 e. The molecule has 6 rings (SSSR count). The number of para-hydroxylation sites is 2. The predicted octanol–water partition coefficient (Wildman–Crippen LogP) is 4.40. The number of aromatic nitrogens is 3. The van der Waals surface area contributed by atoms with E-state index in [4.69, 9.17) is 9.97 Å². The molecular weight excluding hydrogens is 432 g/mol. The SMILES string of the molecule is CN(Cc1nc2ccccc2n1C[C@H]1CCCN(C[C@@H]2CCCN2)C1)C1CCCc2cccnc21. The standard InChI is InChI=1S/C29H40N6/c1-33(27-14-4-9-23-10-5-16-31-29(23)27)21-28-32-25-12-2-3-13-26(25)35(28)19-22-8-7-17-34(18-22)20-24-11-6-15-30-24/h2-3,5,10,12-13,16,22,24,27,30H,4,6-9,11,14-15,17-21H2,1H3/t22-,24-,27?/m0/s1. The van der Waals surface area contributed by atoms with Crippen LogP contribution in [0, 0.1) is 5.92 Å². The molecule has 3 aromatic rings. The van der Waals surface area contributed by atoms with Gasteiger partial charge in [-0.1, -0.05) is 18.2 Å². The minimum Gasteiger partial charge on any atom is -0.327 e. The Morgan fingerprint density at radius 3 is 2.89 bits per heavy atom. The fourth-order valence-electron chi connectivity index (χ4n) is 6.75. The van der Waals surface area contributed by atoms with Crippen LogP contribution in [-0.4, -0.2) is 63.6 Å². The maximum absolute atomic E-state index is 5.15. The van der Waals surface area contributed by atoms with Crippen molar-refractivity contribution in [3.05, 3.63) is 59.7 Å². The Morgan fingerprint density at radius 1 is 1.03 bits per heavy atom. The van der Waals surface area contributed by atoms with Crippen molar-refractivity contribution in [2.75, 3.05) is 33.2 Å². The number of likely N-dealkylation sites (tertiary alicyclic amines) is 1. The molecule has 6 nitrogen and oxygen atoms in total. The minimum atomic E-state index is 0.372. The Kier molecular flexibility index (Phi) is 6.86. The number of fused-ring (bicyclic) bond motifs is 2. The van der Waals surface area contributed by atoms with Crippen molar-refractivity contribution < 1.29 is 0 Å². The van der Waals surface area contributed by atoms with Gasteiger partial charge in [0.15, 0.2) is 0 Å². The zero-order valence-corrected chi connectivity index (χ0v) is 21.2. The molecule has 2 saturated heterocycles. The van der Waals surface area contributed by atoms with E-state index in [1.54, 1.807) is 0 Å². The van der Waals surface area contributed by atoms with Crippen molar-refractivity contribution in [1.82, 2.24) is 29.7 Å². The Balaban J connectivity index is 1.21. The number of pyridine rings is 1. The third-order valence-electron chi connectivity index (χ3n) is 8.51. The average molecular weight is 473 g/mol. The molecule has 4 heterocycles. The first-order valence-corrected chi connectivity index (χ1v) is 13.8. The lowest BCUT2D eigenvalue weighted by Crippen LogP contribution is -2.43. The number of nitrogens with one attached hydrogen (secondary N) is 1. The molecule has 1 aliphatic carbocycles. The summed E-state index contributed by atoms with van der Waals surface area (Å²) in [7, 11) is 2.26. The fourth-order valence-corrected chi connectivity index (χ4v) is 6.75. The summed E-state index contributed by atoms with van der Waals surface area (Å²) in [6.45, 7) is 6.80. The number of aryl methyl sites for hydroxylation is 1. The molecule has 2 aromatic heterocycles. The van der Waals surface area contributed by atoms with Gasteiger partial charge in [0, 0.05) is 31.9 Å². The molecule has 0 amide bonds. The van der Waals surface area contributed by atoms with Gasteiger partial charge in [-0.25, -0.2) is 4.98 Å². The second-order valence-corrected chi connectivity index (χ2v) is 11.1. The monoisotopic (exact) mass is 472 g/mol. The lowest BCUT2D eigenvalue weighted by atomic mass is 9.91. The summed E-state index contributed by atoms with van der Waals surface area (Å²) in [6.07, 6.45) is 10.8. The van der Waals surface area contributed by atoms with E-state index in [0.29, 0.717) is 18.0 Å². The third kappa shape index (κ3) is 5.02. The number of rotatable bonds is 7. The minimum absolute atomic E-state index is 0.372.